The zero-order valence-electron chi connectivity index (χ0n) is 12.2. The molecule has 2 N–H and O–H groups in total. The summed E-state index contributed by atoms with van der Waals surface area (Å²) in [7, 11) is 0. The summed E-state index contributed by atoms with van der Waals surface area (Å²) in [4.78, 5) is 13.3. The van der Waals surface area contributed by atoms with Crippen LogP contribution >= 0.6 is 0 Å². The molecule has 2 rings (SSSR count). The maximum absolute atomic E-state index is 11.2. The van der Waals surface area contributed by atoms with Gasteiger partial charge in [-0.3, -0.25) is 4.90 Å². The number of hydrogen-bond acceptors (Lipinski definition) is 4. The SMILES string of the molecule is CCN(CC)Cc1c(O)c(C(=O)O)nn1-c1ccccc1. The van der Waals surface area contributed by atoms with Crippen molar-refractivity contribution in [2.24, 2.45) is 0 Å². The summed E-state index contributed by atoms with van der Waals surface area (Å²) in [6, 6.07) is 9.20. The van der Waals surface area contributed by atoms with Gasteiger partial charge in [-0.15, -0.1) is 0 Å². The zero-order valence-corrected chi connectivity index (χ0v) is 12.2. The maximum atomic E-state index is 11.2. The zero-order chi connectivity index (χ0) is 15.4. The fraction of sp³-hybridized carbons (Fsp3) is 0.333. The molecule has 1 aromatic heterocycles. The minimum atomic E-state index is -1.23. The monoisotopic (exact) mass is 289 g/mol. The predicted octanol–water partition coefficient (Wildman–Crippen LogP) is 2.12. The molecule has 1 aromatic carbocycles. The Kier molecular flexibility index (Phi) is 4.59. The van der Waals surface area contributed by atoms with E-state index >= 15 is 0 Å². The van der Waals surface area contributed by atoms with Gasteiger partial charge in [0.1, 0.15) is 5.69 Å². The predicted molar refractivity (Wildman–Crippen MR) is 78.8 cm³/mol. The van der Waals surface area contributed by atoms with Crippen LogP contribution in [0.3, 0.4) is 0 Å². The van der Waals surface area contributed by atoms with Crippen LogP contribution in [0.4, 0.5) is 0 Å². The summed E-state index contributed by atoms with van der Waals surface area (Å²) >= 11 is 0. The Hall–Kier alpha value is -2.34. The summed E-state index contributed by atoms with van der Waals surface area (Å²) in [5.74, 6) is -1.50. The van der Waals surface area contributed by atoms with Crippen LogP contribution < -0.4 is 0 Å². The van der Waals surface area contributed by atoms with Crippen LogP contribution in [0.1, 0.15) is 30.0 Å². The highest BCUT2D eigenvalue weighted by atomic mass is 16.4. The normalized spacial score (nSPS) is 11.0. The molecule has 21 heavy (non-hydrogen) atoms. The topological polar surface area (TPSA) is 78.6 Å². The number of carboxylic acids is 1. The molecular weight excluding hydrogens is 270 g/mol. The first-order valence-electron chi connectivity index (χ1n) is 6.90. The first-order valence-corrected chi connectivity index (χ1v) is 6.90. The highest BCUT2D eigenvalue weighted by molar-refractivity contribution is 5.89. The fourth-order valence-electron chi connectivity index (χ4n) is 2.17. The number of hydrogen-bond donors (Lipinski definition) is 2. The molecule has 0 aliphatic carbocycles. The van der Waals surface area contributed by atoms with Gasteiger partial charge in [-0.25, -0.2) is 9.48 Å². The molecule has 6 nitrogen and oxygen atoms in total. The van der Waals surface area contributed by atoms with Gasteiger partial charge < -0.3 is 10.2 Å². The number of carboxylic acid groups (broad SMARTS) is 1. The van der Waals surface area contributed by atoms with Crippen LogP contribution in [-0.2, 0) is 6.54 Å². The molecule has 1 heterocycles. The van der Waals surface area contributed by atoms with E-state index in [1.807, 2.05) is 44.2 Å². The molecule has 112 valence electrons. The smallest absolute Gasteiger partial charge is 0.360 e. The lowest BCUT2D eigenvalue weighted by molar-refractivity contribution is 0.0687. The van der Waals surface area contributed by atoms with Crippen molar-refractivity contribution in [3.05, 3.63) is 41.7 Å². The van der Waals surface area contributed by atoms with Crippen LogP contribution in [0.25, 0.3) is 5.69 Å². The molecule has 6 heteroatoms. The van der Waals surface area contributed by atoms with Crippen molar-refractivity contribution in [2.75, 3.05) is 13.1 Å². The number of carbonyl (C=O) groups is 1. The highest BCUT2D eigenvalue weighted by Crippen LogP contribution is 2.26. The lowest BCUT2D eigenvalue weighted by Crippen LogP contribution is -2.23. The molecular formula is C15H19N3O3. The second-order valence-corrected chi connectivity index (χ2v) is 4.66. The van der Waals surface area contributed by atoms with E-state index in [2.05, 4.69) is 10.00 Å². The van der Waals surface area contributed by atoms with Gasteiger partial charge in [0, 0.05) is 6.54 Å². The third kappa shape index (κ3) is 3.05. The molecule has 0 radical (unpaired) electrons. The molecule has 0 unspecified atom stereocenters. The van der Waals surface area contributed by atoms with Crippen molar-refractivity contribution >= 4 is 5.97 Å². The number of aromatic nitrogens is 2. The van der Waals surface area contributed by atoms with Gasteiger partial charge >= 0.3 is 5.97 Å². The van der Waals surface area contributed by atoms with Gasteiger partial charge in [0.2, 0.25) is 5.69 Å². The molecule has 0 atom stereocenters. The van der Waals surface area contributed by atoms with Crippen molar-refractivity contribution in [1.82, 2.24) is 14.7 Å². The van der Waals surface area contributed by atoms with Gasteiger partial charge in [-0.1, -0.05) is 32.0 Å². The van der Waals surface area contributed by atoms with Gasteiger partial charge in [-0.05, 0) is 25.2 Å². The van der Waals surface area contributed by atoms with Crippen LogP contribution in [0.15, 0.2) is 30.3 Å². The quantitative estimate of drug-likeness (QED) is 0.851. The van der Waals surface area contributed by atoms with Crippen LogP contribution in [-0.4, -0.2) is 44.0 Å². The number of nitrogens with zero attached hydrogens (tertiary/aromatic N) is 3. The van der Waals surface area contributed by atoms with Crippen molar-refractivity contribution in [3.63, 3.8) is 0 Å². The van der Waals surface area contributed by atoms with Crippen LogP contribution in [0, 0.1) is 0 Å². The fourth-order valence-corrected chi connectivity index (χ4v) is 2.17. The Morgan fingerprint density at radius 3 is 2.38 bits per heavy atom. The average molecular weight is 289 g/mol. The van der Waals surface area contributed by atoms with E-state index in [1.54, 1.807) is 0 Å². The molecule has 0 aliphatic rings. The Morgan fingerprint density at radius 1 is 1.24 bits per heavy atom. The third-order valence-corrected chi connectivity index (χ3v) is 3.42. The molecule has 0 spiro atoms. The minimum Gasteiger partial charge on any atom is -0.504 e. The number of para-hydroxylation sites is 1. The number of aromatic hydroxyl groups is 1. The Labute approximate surface area is 123 Å². The third-order valence-electron chi connectivity index (χ3n) is 3.42. The second-order valence-electron chi connectivity index (χ2n) is 4.66. The van der Waals surface area contributed by atoms with E-state index in [9.17, 15) is 9.90 Å². The number of aromatic carboxylic acids is 1. The molecule has 0 amide bonds. The average Bonchev–Trinajstić information content (AvgIpc) is 2.82. The highest BCUT2D eigenvalue weighted by Gasteiger charge is 2.23. The first kappa shape index (κ1) is 15.1. The summed E-state index contributed by atoms with van der Waals surface area (Å²) < 4.78 is 1.50. The molecule has 0 bridgehead atoms. The summed E-state index contributed by atoms with van der Waals surface area (Å²) in [6.07, 6.45) is 0. The standard InChI is InChI=1S/C15H19N3O3/c1-3-17(4-2)10-12-14(19)13(15(20)21)16-18(12)11-8-6-5-7-9-11/h5-9,19H,3-4,10H2,1-2H3,(H,20,21). The molecule has 0 saturated carbocycles. The Morgan fingerprint density at radius 2 is 1.86 bits per heavy atom. The van der Waals surface area contributed by atoms with Crippen molar-refractivity contribution in [1.29, 1.82) is 0 Å². The van der Waals surface area contributed by atoms with Gasteiger partial charge in [0.15, 0.2) is 5.75 Å². The number of rotatable bonds is 6. The maximum Gasteiger partial charge on any atom is 0.360 e. The van der Waals surface area contributed by atoms with Gasteiger partial charge in [-0.2, -0.15) is 5.10 Å². The van der Waals surface area contributed by atoms with Gasteiger partial charge in [0.25, 0.3) is 0 Å². The van der Waals surface area contributed by atoms with E-state index < -0.39 is 5.97 Å². The van der Waals surface area contributed by atoms with Crippen molar-refractivity contribution in [2.45, 2.75) is 20.4 Å². The summed E-state index contributed by atoms with van der Waals surface area (Å²) in [6.45, 7) is 6.08. The van der Waals surface area contributed by atoms with Crippen LogP contribution in [0.5, 0.6) is 5.75 Å². The first-order chi connectivity index (χ1) is 10.1. The lowest BCUT2D eigenvalue weighted by atomic mass is 10.2. The molecule has 0 saturated heterocycles. The lowest BCUT2D eigenvalue weighted by Gasteiger charge is -2.18. The van der Waals surface area contributed by atoms with Crippen molar-refractivity contribution < 1.29 is 15.0 Å². The van der Waals surface area contributed by atoms with E-state index in [-0.39, 0.29) is 11.4 Å². The summed E-state index contributed by atoms with van der Waals surface area (Å²) in [5, 5.41) is 23.4. The number of benzene rings is 1. The van der Waals surface area contributed by atoms with E-state index in [0.717, 1.165) is 18.8 Å². The van der Waals surface area contributed by atoms with E-state index in [4.69, 9.17) is 5.11 Å². The molecule has 2 aromatic rings. The molecule has 0 aliphatic heterocycles. The van der Waals surface area contributed by atoms with Gasteiger partial charge in [0.05, 0.1) is 5.69 Å². The Balaban J connectivity index is 2.52. The van der Waals surface area contributed by atoms with Crippen LogP contribution in [0.2, 0.25) is 0 Å². The minimum absolute atomic E-state index is 0.266. The van der Waals surface area contributed by atoms with E-state index in [0.29, 0.717) is 12.2 Å². The largest absolute Gasteiger partial charge is 0.504 e. The Bertz CT molecular complexity index is 619. The van der Waals surface area contributed by atoms with Crippen molar-refractivity contribution in [3.8, 4) is 11.4 Å². The summed E-state index contributed by atoms with van der Waals surface area (Å²) in [5.41, 5.74) is 0.894. The van der Waals surface area contributed by atoms with E-state index in [1.165, 1.54) is 4.68 Å². The second kappa shape index (κ2) is 6.41. The molecule has 0 fully saturated rings.